The summed E-state index contributed by atoms with van der Waals surface area (Å²) in [5, 5.41) is 14.8. The first-order valence-electron chi connectivity index (χ1n) is 10.1. The molecule has 3 N–H and O–H groups in total. The molecule has 2 heterocycles. The molecule has 6 heteroatoms. The zero-order valence-electron chi connectivity index (χ0n) is 17.3. The van der Waals surface area contributed by atoms with Gasteiger partial charge in [-0.15, -0.1) is 0 Å². The van der Waals surface area contributed by atoms with Crippen LogP contribution in [0.5, 0.6) is 0 Å². The van der Waals surface area contributed by atoms with E-state index >= 15 is 0 Å². The van der Waals surface area contributed by atoms with Gasteiger partial charge < -0.3 is 20.1 Å². The highest BCUT2D eigenvalue weighted by Crippen LogP contribution is 2.46. The first-order chi connectivity index (χ1) is 13.7. The molecule has 29 heavy (non-hydrogen) atoms. The molecular weight excluding hydrogens is 368 g/mol. The Bertz CT molecular complexity index is 1060. The van der Waals surface area contributed by atoms with Crippen LogP contribution in [-0.2, 0) is 9.53 Å². The number of pyridine rings is 1. The first kappa shape index (κ1) is 19.9. The molecule has 0 radical (unpaired) electrons. The van der Waals surface area contributed by atoms with E-state index in [0.29, 0.717) is 18.4 Å². The average molecular weight is 396 g/mol. The molecule has 154 valence electrons. The second-order valence-electron chi connectivity index (χ2n) is 8.77. The number of H-pyrrole nitrogens is 1. The molecule has 4 rings (SSSR count). The van der Waals surface area contributed by atoms with Gasteiger partial charge in [0, 0.05) is 35.9 Å². The molecule has 5 atom stereocenters. The minimum absolute atomic E-state index is 0.0662. The van der Waals surface area contributed by atoms with Crippen molar-refractivity contribution in [2.24, 2.45) is 5.92 Å². The molecule has 0 bridgehead atoms. The number of aryl methyl sites for hydroxylation is 1. The van der Waals surface area contributed by atoms with Crippen LogP contribution in [0.3, 0.4) is 0 Å². The minimum atomic E-state index is -0.758. The van der Waals surface area contributed by atoms with Gasteiger partial charge in [-0.25, -0.2) is 0 Å². The molecule has 0 spiro atoms. The van der Waals surface area contributed by atoms with Gasteiger partial charge in [0.15, 0.2) is 0 Å². The zero-order chi connectivity index (χ0) is 20.9. The number of aromatic nitrogens is 1. The van der Waals surface area contributed by atoms with Crippen molar-refractivity contribution in [3.8, 4) is 0 Å². The smallest absolute Gasteiger partial charge is 0.254 e. The van der Waals surface area contributed by atoms with E-state index < -0.39 is 23.9 Å². The zero-order valence-corrected chi connectivity index (χ0v) is 17.3. The van der Waals surface area contributed by atoms with E-state index in [1.54, 1.807) is 0 Å². The SMILES string of the molecule is CC(=O)N[C@@]1(C)C[C@@H](c2cc3ccc(C)cc3[nH]c2=O)O[C@H]2[C@H](O)C(C)=CC[C@H]21. The van der Waals surface area contributed by atoms with Crippen LogP contribution in [0.15, 0.2) is 40.7 Å². The van der Waals surface area contributed by atoms with Gasteiger partial charge in [-0.05, 0) is 55.8 Å². The maximum absolute atomic E-state index is 12.9. The van der Waals surface area contributed by atoms with Crippen LogP contribution in [0.2, 0.25) is 0 Å². The highest BCUT2D eigenvalue weighted by molar-refractivity contribution is 5.79. The molecular formula is C23H28N2O4. The maximum atomic E-state index is 12.9. The van der Waals surface area contributed by atoms with Crippen molar-refractivity contribution in [1.29, 1.82) is 0 Å². The summed E-state index contributed by atoms with van der Waals surface area (Å²) in [7, 11) is 0. The highest BCUT2D eigenvalue weighted by Gasteiger charge is 2.51. The van der Waals surface area contributed by atoms with Crippen LogP contribution in [0.1, 0.15) is 50.8 Å². The molecule has 0 unspecified atom stereocenters. The number of carbonyl (C=O) groups is 1. The largest absolute Gasteiger partial charge is 0.386 e. The highest BCUT2D eigenvalue weighted by atomic mass is 16.5. The van der Waals surface area contributed by atoms with E-state index in [2.05, 4.69) is 10.3 Å². The summed E-state index contributed by atoms with van der Waals surface area (Å²) >= 11 is 0. The number of hydrogen-bond acceptors (Lipinski definition) is 4. The Balaban J connectivity index is 1.78. The summed E-state index contributed by atoms with van der Waals surface area (Å²) in [5.74, 6) is -0.195. The van der Waals surface area contributed by atoms with Gasteiger partial charge in [0.1, 0.15) is 6.10 Å². The third kappa shape index (κ3) is 3.51. The van der Waals surface area contributed by atoms with Crippen molar-refractivity contribution in [3.63, 3.8) is 0 Å². The number of carbonyl (C=O) groups excluding carboxylic acids is 1. The molecule has 2 aromatic rings. The van der Waals surface area contributed by atoms with E-state index in [0.717, 1.165) is 22.0 Å². The van der Waals surface area contributed by atoms with Crippen molar-refractivity contribution >= 4 is 16.8 Å². The normalized spacial score (nSPS) is 31.8. The van der Waals surface area contributed by atoms with Gasteiger partial charge in [0.2, 0.25) is 5.91 Å². The van der Waals surface area contributed by atoms with Crippen molar-refractivity contribution in [3.05, 3.63) is 57.4 Å². The summed E-state index contributed by atoms with van der Waals surface area (Å²) < 4.78 is 6.33. The Morgan fingerprint density at radius 1 is 1.31 bits per heavy atom. The number of rotatable bonds is 2. The van der Waals surface area contributed by atoms with Gasteiger partial charge in [-0.1, -0.05) is 18.2 Å². The van der Waals surface area contributed by atoms with Gasteiger partial charge in [-0.3, -0.25) is 9.59 Å². The number of amides is 1. The fraction of sp³-hybridized carbons (Fsp3) is 0.478. The average Bonchev–Trinajstić information content (AvgIpc) is 2.63. The fourth-order valence-corrected chi connectivity index (χ4v) is 4.91. The van der Waals surface area contributed by atoms with Crippen molar-refractivity contribution < 1.29 is 14.6 Å². The summed E-state index contributed by atoms with van der Waals surface area (Å²) in [6, 6.07) is 7.79. The number of allylic oxidation sites excluding steroid dienone is 1. The molecule has 1 aliphatic heterocycles. The molecule has 1 aromatic heterocycles. The molecule has 2 aliphatic rings. The van der Waals surface area contributed by atoms with Crippen LogP contribution in [-0.4, -0.2) is 33.7 Å². The van der Waals surface area contributed by atoms with Gasteiger partial charge in [-0.2, -0.15) is 0 Å². The summed E-state index contributed by atoms with van der Waals surface area (Å²) in [4.78, 5) is 27.8. The topological polar surface area (TPSA) is 91.4 Å². The van der Waals surface area contributed by atoms with E-state index in [-0.39, 0.29) is 17.4 Å². The molecule has 1 aliphatic carbocycles. The molecule has 0 saturated carbocycles. The quantitative estimate of drug-likeness (QED) is 0.681. The molecule has 1 fully saturated rings. The lowest BCUT2D eigenvalue weighted by molar-refractivity contribution is -0.165. The Kier molecular flexibility index (Phi) is 4.87. The van der Waals surface area contributed by atoms with E-state index in [9.17, 15) is 14.7 Å². The number of aromatic amines is 1. The van der Waals surface area contributed by atoms with Gasteiger partial charge in [0.05, 0.1) is 12.2 Å². The van der Waals surface area contributed by atoms with Crippen molar-refractivity contribution in [2.45, 2.75) is 64.4 Å². The molecule has 1 aromatic carbocycles. The molecule has 1 amide bonds. The third-order valence-electron chi connectivity index (χ3n) is 6.46. The minimum Gasteiger partial charge on any atom is -0.386 e. The van der Waals surface area contributed by atoms with E-state index in [1.165, 1.54) is 6.92 Å². The van der Waals surface area contributed by atoms with E-state index in [4.69, 9.17) is 4.74 Å². The first-order valence-corrected chi connectivity index (χ1v) is 10.1. The fourth-order valence-electron chi connectivity index (χ4n) is 4.91. The van der Waals surface area contributed by atoms with Crippen molar-refractivity contribution in [1.82, 2.24) is 10.3 Å². The number of hydrogen-bond donors (Lipinski definition) is 3. The van der Waals surface area contributed by atoms with Crippen LogP contribution < -0.4 is 10.9 Å². The molecule has 6 nitrogen and oxygen atoms in total. The Morgan fingerprint density at radius 3 is 2.79 bits per heavy atom. The third-order valence-corrected chi connectivity index (χ3v) is 6.46. The number of benzene rings is 1. The number of aliphatic hydroxyl groups is 1. The lowest BCUT2D eigenvalue weighted by Gasteiger charge is -2.52. The van der Waals surface area contributed by atoms with Crippen LogP contribution >= 0.6 is 0 Å². The van der Waals surface area contributed by atoms with Gasteiger partial charge in [0.25, 0.3) is 5.56 Å². The molecule has 1 saturated heterocycles. The number of nitrogens with one attached hydrogen (secondary N) is 2. The standard InChI is InChI=1S/C23H28N2O4/c1-12-5-7-15-10-16(22(28)24-18(15)9-12)19-11-23(4,25-14(3)26)17-8-6-13(2)20(27)21(17)29-19/h5-7,9-10,17,19-21,27H,8,11H2,1-4H3,(H,24,28)(H,25,26)/t17-,19+,20-,21-,23+/m1/s1. The van der Waals surface area contributed by atoms with Crippen LogP contribution in [0, 0.1) is 12.8 Å². The second-order valence-corrected chi connectivity index (χ2v) is 8.77. The number of ether oxygens (including phenoxy) is 1. The lowest BCUT2D eigenvalue weighted by Crippen LogP contribution is -2.62. The maximum Gasteiger partial charge on any atom is 0.254 e. The summed E-state index contributed by atoms with van der Waals surface area (Å²) in [6.45, 7) is 7.35. The van der Waals surface area contributed by atoms with E-state index in [1.807, 2.05) is 51.1 Å². The summed E-state index contributed by atoms with van der Waals surface area (Å²) in [6.07, 6.45) is 1.43. The number of fused-ring (bicyclic) bond motifs is 2. The van der Waals surface area contributed by atoms with Gasteiger partial charge >= 0.3 is 0 Å². The number of aliphatic hydroxyl groups excluding tert-OH is 1. The predicted octanol–water partition coefficient (Wildman–Crippen LogP) is 2.89. The van der Waals surface area contributed by atoms with Crippen LogP contribution in [0.4, 0.5) is 0 Å². The summed E-state index contributed by atoms with van der Waals surface area (Å²) in [5.41, 5.74) is 2.45. The Morgan fingerprint density at radius 2 is 2.07 bits per heavy atom. The second kappa shape index (κ2) is 7.11. The monoisotopic (exact) mass is 396 g/mol. The van der Waals surface area contributed by atoms with Crippen molar-refractivity contribution in [2.75, 3.05) is 0 Å². The van der Waals surface area contributed by atoms with Crippen LogP contribution in [0.25, 0.3) is 10.9 Å². The Hall–Kier alpha value is -2.44. The lowest BCUT2D eigenvalue weighted by atomic mass is 9.68. The predicted molar refractivity (Wildman–Crippen MR) is 112 cm³/mol. The Labute approximate surface area is 170 Å².